The summed E-state index contributed by atoms with van der Waals surface area (Å²) < 4.78 is 0. The third kappa shape index (κ3) is 4.03. The van der Waals surface area contributed by atoms with E-state index < -0.39 is 0 Å². The largest absolute Gasteiger partial charge is 0.340 e. The van der Waals surface area contributed by atoms with Crippen LogP contribution in [0.5, 0.6) is 0 Å². The van der Waals surface area contributed by atoms with Gasteiger partial charge in [-0.15, -0.1) is 0 Å². The Morgan fingerprint density at radius 1 is 1.42 bits per heavy atom. The molecular formula is C16H25N5O2S. The molecule has 0 saturated carbocycles. The number of nitrogens with one attached hydrogen (secondary N) is 3. The van der Waals surface area contributed by atoms with E-state index in [0.29, 0.717) is 18.2 Å². The van der Waals surface area contributed by atoms with Crippen LogP contribution in [0.2, 0.25) is 0 Å². The fourth-order valence-corrected chi connectivity index (χ4v) is 4.89. The normalized spacial score (nSPS) is 25.2. The van der Waals surface area contributed by atoms with E-state index in [1.807, 2.05) is 31.8 Å². The van der Waals surface area contributed by atoms with Crippen molar-refractivity contribution in [3.8, 4) is 0 Å². The molecule has 132 valence electrons. The van der Waals surface area contributed by atoms with Crippen LogP contribution in [-0.4, -0.2) is 57.2 Å². The molecule has 1 aromatic rings. The van der Waals surface area contributed by atoms with Crippen molar-refractivity contribution in [2.24, 2.45) is 0 Å². The number of rotatable bonds is 7. The topological polar surface area (TPSA) is 90.1 Å². The van der Waals surface area contributed by atoms with Gasteiger partial charge in [-0.05, 0) is 25.8 Å². The van der Waals surface area contributed by atoms with Gasteiger partial charge in [0.25, 0.3) is 0 Å². The van der Waals surface area contributed by atoms with Crippen molar-refractivity contribution >= 4 is 23.7 Å². The lowest BCUT2D eigenvalue weighted by Crippen LogP contribution is -2.36. The minimum Gasteiger partial charge on any atom is -0.340 e. The van der Waals surface area contributed by atoms with Crippen molar-refractivity contribution in [3.63, 3.8) is 0 Å². The maximum absolute atomic E-state index is 12.2. The number of nitrogens with zero attached hydrogens (tertiary/aromatic N) is 2. The number of aryl methyl sites for hydroxylation is 1. The number of amides is 3. The summed E-state index contributed by atoms with van der Waals surface area (Å²) in [5.41, 5.74) is 1.90. The number of urea groups is 1. The molecule has 3 amide bonds. The third-order valence-electron chi connectivity index (χ3n) is 4.65. The SMILES string of the molecule is Cc1cc(CN(C)C(=O)CCCC[C@@H]2SC[C@@H]3NC(=O)N[C@@H]32)n[nH]1. The molecule has 3 atom stereocenters. The molecule has 0 aliphatic carbocycles. The number of fused-ring (bicyclic) bond motifs is 1. The van der Waals surface area contributed by atoms with Crippen LogP contribution in [-0.2, 0) is 11.3 Å². The Kier molecular flexibility index (Phi) is 5.33. The Labute approximate surface area is 146 Å². The van der Waals surface area contributed by atoms with E-state index >= 15 is 0 Å². The van der Waals surface area contributed by atoms with Crippen LogP contribution in [0.25, 0.3) is 0 Å². The monoisotopic (exact) mass is 351 g/mol. The Balaban J connectivity index is 1.34. The van der Waals surface area contributed by atoms with Gasteiger partial charge in [-0.3, -0.25) is 9.89 Å². The third-order valence-corrected chi connectivity index (χ3v) is 6.16. The number of thioether (sulfide) groups is 1. The van der Waals surface area contributed by atoms with Gasteiger partial charge in [0.05, 0.1) is 24.3 Å². The van der Waals surface area contributed by atoms with E-state index in [4.69, 9.17) is 0 Å². The molecule has 1 aromatic heterocycles. The van der Waals surface area contributed by atoms with Gasteiger partial charge in [0.1, 0.15) is 0 Å². The number of hydrogen-bond donors (Lipinski definition) is 3. The molecule has 2 saturated heterocycles. The van der Waals surface area contributed by atoms with Crippen LogP contribution >= 0.6 is 11.8 Å². The van der Waals surface area contributed by atoms with E-state index in [0.717, 1.165) is 36.4 Å². The van der Waals surface area contributed by atoms with Crippen LogP contribution in [0.1, 0.15) is 37.1 Å². The maximum atomic E-state index is 12.2. The van der Waals surface area contributed by atoms with Crippen molar-refractivity contribution in [2.75, 3.05) is 12.8 Å². The molecule has 3 rings (SSSR count). The molecule has 7 nitrogen and oxygen atoms in total. The molecule has 3 heterocycles. The predicted octanol–water partition coefficient (Wildman–Crippen LogP) is 1.40. The Bertz CT molecular complexity index is 605. The first-order chi connectivity index (χ1) is 11.5. The van der Waals surface area contributed by atoms with Crippen molar-refractivity contribution in [3.05, 3.63) is 17.5 Å². The van der Waals surface area contributed by atoms with Gasteiger partial charge < -0.3 is 15.5 Å². The summed E-state index contributed by atoms with van der Waals surface area (Å²) in [6, 6.07) is 2.45. The molecule has 24 heavy (non-hydrogen) atoms. The van der Waals surface area contributed by atoms with Gasteiger partial charge >= 0.3 is 6.03 Å². The molecule has 8 heteroatoms. The number of carbonyl (C=O) groups is 2. The van der Waals surface area contributed by atoms with Crippen molar-refractivity contribution in [1.29, 1.82) is 0 Å². The van der Waals surface area contributed by atoms with Crippen molar-refractivity contribution < 1.29 is 9.59 Å². The number of unbranched alkanes of at least 4 members (excludes halogenated alkanes) is 1. The number of hydrogen-bond acceptors (Lipinski definition) is 4. The smallest absolute Gasteiger partial charge is 0.315 e. The number of carbonyl (C=O) groups excluding carboxylic acids is 2. The first-order valence-electron chi connectivity index (χ1n) is 8.46. The van der Waals surface area contributed by atoms with Crippen LogP contribution in [0.15, 0.2) is 6.07 Å². The molecule has 2 aliphatic heterocycles. The molecular weight excluding hydrogens is 326 g/mol. The van der Waals surface area contributed by atoms with Gasteiger partial charge in [0, 0.05) is 30.2 Å². The minimum atomic E-state index is -0.0410. The molecule has 3 N–H and O–H groups in total. The minimum absolute atomic E-state index is 0.0410. The second-order valence-corrected chi connectivity index (χ2v) is 7.93. The molecule has 2 aliphatic rings. The number of H-pyrrole nitrogens is 1. The van der Waals surface area contributed by atoms with Crippen LogP contribution in [0, 0.1) is 6.92 Å². The summed E-state index contributed by atoms with van der Waals surface area (Å²) in [6.45, 7) is 2.50. The molecule has 0 radical (unpaired) electrons. The highest BCUT2D eigenvalue weighted by atomic mass is 32.2. The predicted molar refractivity (Wildman–Crippen MR) is 93.8 cm³/mol. The van der Waals surface area contributed by atoms with E-state index in [1.54, 1.807) is 4.90 Å². The molecule has 2 fully saturated rings. The van der Waals surface area contributed by atoms with Crippen LogP contribution in [0.3, 0.4) is 0 Å². The van der Waals surface area contributed by atoms with Crippen molar-refractivity contribution in [1.82, 2.24) is 25.7 Å². The molecule has 0 spiro atoms. The first kappa shape index (κ1) is 17.1. The number of aromatic nitrogens is 2. The van der Waals surface area contributed by atoms with E-state index in [9.17, 15) is 9.59 Å². The Morgan fingerprint density at radius 2 is 2.25 bits per heavy atom. The second-order valence-electron chi connectivity index (χ2n) is 6.66. The lowest BCUT2D eigenvalue weighted by atomic mass is 10.0. The summed E-state index contributed by atoms with van der Waals surface area (Å²) in [4.78, 5) is 25.3. The second kappa shape index (κ2) is 7.46. The van der Waals surface area contributed by atoms with Crippen molar-refractivity contribution in [2.45, 2.75) is 56.5 Å². The van der Waals surface area contributed by atoms with E-state index in [2.05, 4.69) is 20.8 Å². The summed E-state index contributed by atoms with van der Waals surface area (Å²) >= 11 is 1.92. The summed E-state index contributed by atoms with van der Waals surface area (Å²) in [5, 5.41) is 13.5. The van der Waals surface area contributed by atoms with Crippen LogP contribution in [0.4, 0.5) is 4.79 Å². The van der Waals surface area contributed by atoms with Gasteiger partial charge in [0.15, 0.2) is 0 Å². The zero-order valence-corrected chi connectivity index (χ0v) is 15.0. The highest BCUT2D eigenvalue weighted by Crippen LogP contribution is 2.33. The van der Waals surface area contributed by atoms with Crippen LogP contribution < -0.4 is 10.6 Å². The summed E-state index contributed by atoms with van der Waals surface area (Å²) in [6.07, 6.45) is 3.51. The van der Waals surface area contributed by atoms with E-state index in [-0.39, 0.29) is 24.0 Å². The zero-order valence-electron chi connectivity index (χ0n) is 14.2. The summed E-state index contributed by atoms with van der Waals surface area (Å²) in [5.74, 6) is 1.14. The standard InChI is InChI=1S/C16H25N5O2S/c1-10-7-11(20-19-10)8-21(2)14(22)6-4-3-5-13-15-12(9-24-13)17-16(23)18-15/h7,12-13,15H,3-6,8-9H2,1-2H3,(H,19,20)(H2,17,18,23)/t12-,13-,15-/m0/s1. The average Bonchev–Trinajstić information content (AvgIpc) is 3.20. The zero-order chi connectivity index (χ0) is 17.1. The summed E-state index contributed by atoms with van der Waals surface area (Å²) in [7, 11) is 1.82. The first-order valence-corrected chi connectivity index (χ1v) is 9.51. The fourth-order valence-electron chi connectivity index (χ4n) is 3.34. The highest BCUT2D eigenvalue weighted by molar-refractivity contribution is 8.00. The van der Waals surface area contributed by atoms with Gasteiger partial charge in [-0.2, -0.15) is 16.9 Å². The molecule has 0 bridgehead atoms. The maximum Gasteiger partial charge on any atom is 0.315 e. The van der Waals surface area contributed by atoms with Gasteiger partial charge in [-0.1, -0.05) is 6.42 Å². The number of aromatic amines is 1. The Morgan fingerprint density at radius 3 is 3.00 bits per heavy atom. The quantitative estimate of drug-likeness (QED) is 0.512. The fraction of sp³-hybridized carbons (Fsp3) is 0.688. The Hall–Kier alpha value is -1.70. The van der Waals surface area contributed by atoms with E-state index in [1.165, 1.54) is 0 Å². The molecule has 0 unspecified atom stereocenters. The van der Waals surface area contributed by atoms with Gasteiger partial charge in [0.2, 0.25) is 5.91 Å². The highest BCUT2D eigenvalue weighted by Gasteiger charge is 2.42. The lowest BCUT2D eigenvalue weighted by molar-refractivity contribution is -0.130. The molecule has 0 aromatic carbocycles. The van der Waals surface area contributed by atoms with Gasteiger partial charge in [-0.25, -0.2) is 4.79 Å². The lowest BCUT2D eigenvalue weighted by Gasteiger charge is -2.18. The average molecular weight is 351 g/mol.